The molecular formula is C21H21N5O3. The van der Waals surface area contributed by atoms with Gasteiger partial charge in [-0.15, -0.1) is 10.2 Å². The molecule has 0 atom stereocenters. The molecule has 4 rings (SSSR count). The molecule has 0 saturated carbocycles. The summed E-state index contributed by atoms with van der Waals surface area (Å²) in [6.45, 7) is 0.941. The van der Waals surface area contributed by atoms with Crippen molar-refractivity contribution in [2.24, 2.45) is 0 Å². The molecule has 0 aliphatic carbocycles. The van der Waals surface area contributed by atoms with Crippen molar-refractivity contribution < 1.29 is 14.2 Å². The lowest BCUT2D eigenvalue weighted by Crippen LogP contribution is -2.01. The molecule has 0 aliphatic heterocycles. The number of fused-ring (bicyclic) bond motifs is 1. The van der Waals surface area contributed by atoms with Crippen LogP contribution in [0.15, 0.2) is 54.6 Å². The average molecular weight is 391 g/mol. The zero-order chi connectivity index (χ0) is 19.9. The Morgan fingerprint density at radius 3 is 2.66 bits per heavy atom. The van der Waals surface area contributed by atoms with Gasteiger partial charge in [-0.3, -0.25) is 0 Å². The average Bonchev–Trinajstić information content (AvgIpc) is 3.29. The Balaban J connectivity index is 1.31. The minimum absolute atomic E-state index is 0.378. The summed E-state index contributed by atoms with van der Waals surface area (Å²) in [7, 11) is 1.66. The molecule has 8 nitrogen and oxygen atoms in total. The molecule has 0 unspecified atom stereocenters. The highest BCUT2D eigenvalue weighted by atomic mass is 16.5. The van der Waals surface area contributed by atoms with Crippen LogP contribution in [0.1, 0.15) is 17.9 Å². The molecule has 2 heterocycles. The molecule has 0 saturated heterocycles. The highest BCUT2D eigenvalue weighted by Crippen LogP contribution is 2.22. The first-order valence-electron chi connectivity index (χ1n) is 9.32. The second-order valence-electron chi connectivity index (χ2n) is 6.40. The summed E-state index contributed by atoms with van der Waals surface area (Å²) in [6, 6.07) is 17.4. The Labute approximate surface area is 167 Å². The summed E-state index contributed by atoms with van der Waals surface area (Å²) in [5, 5.41) is 14.8. The van der Waals surface area contributed by atoms with Gasteiger partial charge in [0.25, 0.3) is 0 Å². The smallest absolute Gasteiger partial charge is 0.174 e. The summed E-state index contributed by atoms with van der Waals surface area (Å²) in [5.41, 5.74) is 1.76. The van der Waals surface area contributed by atoms with Crippen molar-refractivity contribution in [3.8, 4) is 17.2 Å². The van der Waals surface area contributed by atoms with E-state index in [1.54, 1.807) is 7.11 Å². The third-order valence-corrected chi connectivity index (χ3v) is 4.35. The van der Waals surface area contributed by atoms with Crippen LogP contribution in [-0.2, 0) is 13.0 Å². The molecule has 0 amide bonds. The van der Waals surface area contributed by atoms with Crippen LogP contribution >= 0.6 is 0 Å². The Bertz CT molecular complexity index is 1070. The van der Waals surface area contributed by atoms with Gasteiger partial charge in [-0.2, -0.15) is 5.21 Å². The van der Waals surface area contributed by atoms with Gasteiger partial charge in [0.1, 0.15) is 23.9 Å². The lowest BCUT2D eigenvalue weighted by atomic mass is 10.2. The van der Waals surface area contributed by atoms with Gasteiger partial charge >= 0.3 is 0 Å². The van der Waals surface area contributed by atoms with Crippen molar-refractivity contribution in [3.05, 3.63) is 66.1 Å². The molecule has 29 heavy (non-hydrogen) atoms. The van der Waals surface area contributed by atoms with E-state index < -0.39 is 0 Å². The van der Waals surface area contributed by atoms with Crippen molar-refractivity contribution in [1.29, 1.82) is 0 Å². The number of nitrogens with zero attached hydrogens (tertiary/aromatic N) is 4. The maximum atomic E-state index is 5.89. The van der Waals surface area contributed by atoms with Crippen LogP contribution in [0.3, 0.4) is 0 Å². The fraction of sp³-hybridized carbons (Fsp3) is 0.238. The van der Waals surface area contributed by atoms with Gasteiger partial charge in [-0.05, 0) is 42.8 Å². The summed E-state index contributed by atoms with van der Waals surface area (Å²) in [5.74, 6) is 3.00. The van der Waals surface area contributed by atoms with Gasteiger partial charge in [0.15, 0.2) is 5.82 Å². The molecule has 0 radical (unpaired) electrons. The van der Waals surface area contributed by atoms with Crippen molar-refractivity contribution in [1.82, 2.24) is 25.6 Å². The van der Waals surface area contributed by atoms with Crippen molar-refractivity contribution >= 4 is 10.9 Å². The van der Waals surface area contributed by atoms with Crippen molar-refractivity contribution in [2.75, 3.05) is 13.7 Å². The zero-order valence-electron chi connectivity index (χ0n) is 16.0. The number of nitrogens with one attached hydrogen (secondary N) is 1. The number of hydrogen-bond acceptors (Lipinski definition) is 7. The third-order valence-electron chi connectivity index (χ3n) is 4.35. The van der Waals surface area contributed by atoms with Gasteiger partial charge < -0.3 is 14.2 Å². The zero-order valence-corrected chi connectivity index (χ0v) is 16.0. The molecule has 1 N–H and O–H groups in total. The maximum Gasteiger partial charge on any atom is 0.174 e. The number of pyridine rings is 1. The van der Waals surface area contributed by atoms with E-state index in [-0.39, 0.29) is 0 Å². The SMILES string of the molecule is COc1ccc2nc(COc3cccc(OCCCc4nn[nH]n4)c3)ccc2c1. The number of H-pyrrole nitrogens is 1. The number of tetrazole rings is 1. The van der Waals surface area contributed by atoms with E-state index in [0.717, 1.165) is 40.3 Å². The van der Waals surface area contributed by atoms with Gasteiger partial charge in [-0.25, -0.2) is 4.98 Å². The number of rotatable bonds is 9. The second-order valence-corrected chi connectivity index (χ2v) is 6.40. The topological polar surface area (TPSA) is 95.0 Å². The van der Waals surface area contributed by atoms with Crippen LogP contribution in [0.2, 0.25) is 0 Å². The number of aromatic nitrogens is 5. The lowest BCUT2D eigenvalue weighted by Gasteiger charge is -2.10. The maximum absolute atomic E-state index is 5.89. The Hall–Kier alpha value is -3.68. The predicted octanol–water partition coefficient (Wildman–Crippen LogP) is 3.35. The molecular weight excluding hydrogens is 370 g/mol. The number of methoxy groups -OCH3 is 1. The van der Waals surface area contributed by atoms with E-state index in [1.807, 2.05) is 54.6 Å². The highest BCUT2D eigenvalue weighted by Gasteiger charge is 2.04. The molecule has 0 bridgehead atoms. The Kier molecular flexibility index (Phi) is 5.80. The van der Waals surface area contributed by atoms with Crippen LogP contribution < -0.4 is 14.2 Å². The minimum Gasteiger partial charge on any atom is -0.497 e. The fourth-order valence-electron chi connectivity index (χ4n) is 2.87. The van der Waals surface area contributed by atoms with E-state index in [1.165, 1.54) is 0 Å². The van der Waals surface area contributed by atoms with Gasteiger partial charge in [0, 0.05) is 17.9 Å². The summed E-state index contributed by atoms with van der Waals surface area (Å²) < 4.78 is 16.9. The quantitative estimate of drug-likeness (QED) is 0.437. The molecule has 4 aromatic rings. The van der Waals surface area contributed by atoms with E-state index in [4.69, 9.17) is 14.2 Å². The number of aryl methyl sites for hydroxylation is 1. The van der Waals surface area contributed by atoms with Crippen LogP contribution in [0.4, 0.5) is 0 Å². The van der Waals surface area contributed by atoms with Crippen molar-refractivity contribution in [3.63, 3.8) is 0 Å². The van der Waals surface area contributed by atoms with E-state index in [2.05, 4.69) is 25.6 Å². The first kappa shape index (κ1) is 18.7. The molecule has 148 valence electrons. The van der Waals surface area contributed by atoms with Crippen LogP contribution in [0.5, 0.6) is 17.2 Å². The molecule has 8 heteroatoms. The monoisotopic (exact) mass is 391 g/mol. The molecule has 0 aliphatic rings. The van der Waals surface area contributed by atoms with Crippen LogP contribution in [-0.4, -0.2) is 39.3 Å². The van der Waals surface area contributed by atoms with E-state index >= 15 is 0 Å². The van der Waals surface area contributed by atoms with Gasteiger partial charge in [-0.1, -0.05) is 17.3 Å². The minimum atomic E-state index is 0.378. The molecule has 0 spiro atoms. The predicted molar refractivity (Wildman–Crippen MR) is 107 cm³/mol. The summed E-state index contributed by atoms with van der Waals surface area (Å²) in [4.78, 5) is 4.64. The number of ether oxygens (including phenoxy) is 3. The molecule has 2 aromatic heterocycles. The van der Waals surface area contributed by atoms with Crippen LogP contribution in [0, 0.1) is 0 Å². The first-order valence-corrected chi connectivity index (χ1v) is 9.32. The summed E-state index contributed by atoms with van der Waals surface area (Å²) >= 11 is 0. The lowest BCUT2D eigenvalue weighted by molar-refractivity contribution is 0.290. The number of benzene rings is 2. The second kappa shape index (κ2) is 9.01. The highest BCUT2D eigenvalue weighted by molar-refractivity contribution is 5.80. The van der Waals surface area contributed by atoms with E-state index in [9.17, 15) is 0 Å². The van der Waals surface area contributed by atoms with Crippen LogP contribution in [0.25, 0.3) is 10.9 Å². The normalized spacial score (nSPS) is 10.8. The molecule has 2 aromatic carbocycles. The number of hydrogen-bond donors (Lipinski definition) is 1. The largest absolute Gasteiger partial charge is 0.497 e. The summed E-state index contributed by atoms with van der Waals surface area (Å²) in [6.07, 6.45) is 1.52. The first-order chi connectivity index (χ1) is 14.3. The molecule has 0 fully saturated rings. The van der Waals surface area contributed by atoms with Gasteiger partial charge in [0.2, 0.25) is 0 Å². The Morgan fingerprint density at radius 2 is 1.83 bits per heavy atom. The van der Waals surface area contributed by atoms with E-state index in [0.29, 0.717) is 25.5 Å². The van der Waals surface area contributed by atoms with Crippen molar-refractivity contribution in [2.45, 2.75) is 19.4 Å². The third kappa shape index (κ3) is 4.98. The Morgan fingerprint density at radius 1 is 0.931 bits per heavy atom. The number of aromatic amines is 1. The fourth-order valence-corrected chi connectivity index (χ4v) is 2.87. The van der Waals surface area contributed by atoms with Gasteiger partial charge in [0.05, 0.1) is 24.9 Å². The standard InChI is InChI=1S/C21H21N5O3/c1-27-17-9-10-20-15(12-17)7-8-16(22-20)14-29-19-5-2-4-18(13-19)28-11-3-6-21-23-25-26-24-21/h2,4-5,7-10,12-13H,3,6,11,14H2,1H3,(H,23,24,25,26).